The number of esters is 2. The number of carbonyl (C=O) groups excluding carboxylic acids is 2. The normalized spacial score (nSPS) is 15.4. The number of unbranched alkanes of at least 4 members (excludes halogenated alkanes) is 14. The van der Waals surface area contributed by atoms with Crippen LogP contribution in [0.3, 0.4) is 0 Å². The molecular formula is C49H88N2O11PS+. The van der Waals surface area contributed by atoms with Crippen LogP contribution in [0.2, 0.25) is 0 Å². The van der Waals surface area contributed by atoms with Crippen molar-refractivity contribution < 1.29 is 57.1 Å². The summed E-state index contributed by atoms with van der Waals surface area (Å²) in [5.74, 6) is -2.24. The minimum Gasteiger partial charge on any atom is -0.481 e. The Morgan fingerprint density at radius 3 is 1.94 bits per heavy atom. The molecule has 0 aliphatic heterocycles. The van der Waals surface area contributed by atoms with Gasteiger partial charge in [0.2, 0.25) is 0 Å². The fraction of sp³-hybridized carbons (Fsp3) is 0.735. The number of carboxylic acids is 1. The van der Waals surface area contributed by atoms with Crippen LogP contribution in [0.1, 0.15) is 155 Å². The highest BCUT2D eigenvalue weighted by Gasteiger charge is 2.28. The number of aliphatic carboxylic acids is 1. The first-order valence-corrected chi connectivity index (χ1v) is 26.5. The van der Waals surface area contributed by atoms with Crippen LogP contribution < -0.4 is 5.73 Å². The number of rotatable bonds is 43. The maximum Gasteiger partial charge on any atom is 0.472 e. The molecule has 0 rings (SSSR count). The maximum atomic E-state index is 13.1. The van der Waals surface area contributed by atoms with Crippen molar-refractivity contribution in [3.05, 3.63) is 60.8 Å². The first-order valence-electron chi connectivity index (χ1n) is 24.0. The molecule has 0 saturated carbocycles. The molecule has 0 aromatic rings. The summed E-state index contributed by atoms with van der Waals surface area (Å²) in [5, 5.41) is 19.5. The van der Waals surface area contributed by atoms with Crippen molar-refractivity contribution in [2.75, 3.05) is 53.3 Å². The van der Waals surface area contributed by atoms with E-state index in [1.165, 1.54) is 76.0 Å². The summed E-state index contributed by atoms with van der Waals surface area (Å²) in [7, 11) is 1.21. The van der Waals surface area contributed by atoms with Gasteiger partial charge in [-0.15, -0.1) is 11.8 Å². The highest BCUT2D eigenvalue weighted by atomic mass is 32.2. The van der Waals surface area contributed by atoms with Crippen LogP contribution in [0.25, 0.3) is 0 Å². The smallest absolute Gasteiger partial charge is 0.472 e. The van der Waals surface area contributed by atoms with Crippen LogP contribution >= 0.6 is 19.6 Å². The number of hydrogen-bond acceptors (Lipinski definition) is 11. The number of allylic oxidation sites excluding steroid dienone is 9. The van der Waals surface area contributed by atoms with Gasteiger partial charge in [0.1, 0.15) is 25.8 Å². The molecule has 370 valence electrons. The first kappa shape index (κ1) is 61.5. The molecule has 0 aliphatic rings. The summed E-state index contributed by atoms with van der Waals surface area (Å²) in [6, 6.07) is -1.13. The third kappa shape index (κ3) is 40.9. The number of nitrogens with zero attached hydrogens (tertiary/aromatic N) is 1. The zero-order chi connectivity index (χ0) is 47.7. The van der Waals surface area contributed by atoms with Crippen molar-refractivity contribution in [1.29, 1.82) is 0 Å². The highest BCUT2D eigenvalue weighted by Crippen LogP contribution is 2.43. The molecule has 5 atom stereocenters. The minimum absolute atomic E-state index is 0.0472. The first-order chi connectivity index (χ1) is 30.6. The molecule has 13 nitrogen and oxygen atoms in total. The Hall–Kier alpha value is -2.55. The zero-order valence-corrected chi connectivity index (χ0v) is 41.9. The molecule has 0 radical (unpaired) electrons. The van der Waals surface area contributed by atoms with Crippen molar-refractivity contribution in [1.82, 2.24) is 0 Å². The zero-order valence-electron chi connectivity index (χ0n) is 40.2. The summed E-state index contributed by atoms with van der Waals surface area (Å²) in [5.41, 5.74) is 6.21. The largest absolute Gasteiger partial charge is 0.481 e. The molecule has 0 aromatic heterocycles. The van der Waals surface area contributed by atoms with Crippen LogP contribution in [0, 0.1) is 0 Å². The molecular weight excluding hydrogens is 856 g/mol. The third-order valence-electron chi connectivity index (χ3n) is 10.0. The van der Waals surface area contributed by atoms with E-state index in [9.17, 15) is 28.9 Å². The minimum atomic E-state index is -4.51. The van der Waals surface area contributed by atoms with Gasteiger partial charge in [-0.05, 0) is 64.2 Å². The van der Waals surface area contributed by atoms with Gasteiger partial charge in [0, 0.05) is 23.8 Å². The summed E-state index contributed by atoms with van der Waals surface area (Å²) in [6.45, 7) is 3.79. The van der Waals surface area contributed by atoms with Crippen LogP contribution in [0.4, 0.5) is 0 Å². The summed E-state index contributed by atoms with van der Waals surface area (Å²) < 4.78 is 34.4. The SMILES string of the molecule is CCCCC/C=C\C\C=C/C=C/C=C/[C@@H](SC[C@H](N)C(=O)OC[C@H](COP(=O)(O)OCC[N+](C)(C)C)OC(=O)CCCCCCCCC/C=C\CCCCCC)[C@@H](O)CCCC(=O)O. The fourth-order valence-corrected chi connectivity index (χ4v) is 7.96. The molecule has 64 heavy (non-hydrogen) atoms. The topological polar surface area (TPSA) is 192 Å². The Labute approximate surface area is 391 Å². The van der Waals surface area contributed by atoms with Crippen LogP contribution in [0.5, 0.6) is 0 Å². The Morgan fingerprint density at radius 2 is 1.30 bits per heavy atom. The Morgan fingerprint density at radius 1 is 0.719 bits per heavy atom. The van der Waals surface area contributed by atoms with Crippen LogP contribution in [-0.2, 0) is 37.5 Å². The van der Waals surface area contributed by atoms with Gasteiger partial charge < -0.3 is 34.8 Å². The number of carboxylic acid groups (broad SMARTS) is 1. The van der Waals surface area contributed by atoms with Crippen molar-refractivity contribution in [2.45, 2.75) is 179 Å². The standard InChI is InChI=1S/C49H87N2O11PS/c1-6-8-10-12-14-16-18-20-21-22-24-26-28-30-32-37-48(55)62-43(41-61-63(57,58)60-39-38-51(3,4)5)40-59-49(56)44(50)42-64-46(45(52)34-33-36-47(53)54)35-31-29-27-25-23-19-17-15-13-11-9-7-2/h15-18,23,25,27,29,31,35,43-46,52H,6-14,19-22,24,26,28,30,32-34,36-42,50H2,1-5H3,(H-,53,54,57,58)/p+1/b17-15-,18-16-,25-23-,29-27+,35-31+/t43-,44+,45+,46-/m1/s1. The van der Waals surface area contributed by atoms with E-state index >= 15 is 0 Å². The van der Waals surface area contributed by atoms with Gasteiger partial charge in [0.25, 0.3) is 0 Å². The molecule has 0 amide bonds. The van der Waals surface area contributed by atoms with Crippen molar-refractivity contribution in [3.8, 4) is 0 Å². The number of likely N-dealkylation sites (N-methyl/N-ethyl adjacent to an activating group) is 1. The van der Waals surface area contributed by atoms with E-state index in [4.69, 9.17) is 29.4 Å². The van der Waals surface area contributed by atoms with Gasteiger partial charge in [-0.1, -0.05) is 139 Å². The predicted molar refractivity (Wildman–Crippen MR) is 262 cm³/mol. The van der Waals surface area contributed by atoms with E-state index in [1.807, 2.05) is 45.4 Å². The second kappa shape index (κ2) is 40.7. The number of hydrogen-bond donors (Lipinski definition) is 4. The number of aliphatic hydroxyl groups excluding tert-OH is 1. The lowest BCUT2D eigenvalue weighted by Gasteiger charge is -2.24. The van der Waals surface area contributed by atoms with Gasteiger partial charge in [0.15, 0.2) is 6.10 Å². The van der Waals surface area contributed by atoms with Crippen molar-refractivity contribution in [2.24, 2.45) is 5.73 Å². The second-order valence-corrected chi connectivity index (χ2v) is 20.0. The molecule has 0 aromatic carbocycles. The number of phosphoric acid groups is 1. The summed E-state index contributed by atoms with van der Waals surface area (Å²) in [4.78, 5) is 47.3. The number of thioether (sulfide) groups is 1. The Kier molecular flexibility index (Phi) is 39.1. The van der Waals surface area contributed by atoms with E-state index in [0.29, 0.717) is 17.4 Å². The number of carbonyl (C=O) groups is 3. The Balaban J connectivity index is 5.22. The van der Waals surface area contributed by atoms with Gasteiger partial charge >= 0.3 is 25.7 Å². The van der Waals surface area contributed by atoms with Gasteiger partial charge in [-0.25, -0.2) is 4.57 Å². The van der Waals surface area contributed by atoms with Crippen LogP contribution in [-0.4, -0.2) is 114 Å². The number of ether oxygens (including phenoxy) is 2. The van der Waals surface area contributed by atoms with Gasteiger partial charge in [-0.3, -0.25) is 23.4 Å². The van der Waals surface area contributed by atoms with Crippen molar-refractivity contribution >= 4 is 37.5 Å². The van der Waals surface area contributed by atoms with E-state index in [0.717, 1.165) is 44.9 Å². The maximum absolute atomic E-state index is 13.1. The molecule has 0 saturated heterocycles. The quantitative estimate of drug-likeness (QED) is 0.0113. The molecule has 0 spiro atoms. The molecule has 0 aliphatic carbocycles. The van der Waals surface area contributed by atoms with Crippen LogP contribution in [0.15, 0.2) is 60.8 Å². The molecule has 0 bridgehead atoms. The monoisotopic (exact) mass is 944 g/mol. The number of phosphoric ester groups is 1. The fourth-order valence-electron chi connectivity index (χ4n) is 6.10. The lowest BCUT2D eigenvalue weighted by molar-refractivity contribution is -0.870. The molecule has 0 fully saturated rings. The average Bonchev–Trinajstić information content (AvgIpc) is 3.23. The molecule has 5 N–H and O–H groups in total. The van der Waals surface area contributed by atoms with E-state index < -0.39 is 62.4 Å². The lowest BCUT2D eigenvalue weighted by atomic mass is 10.1. The number of quaternary nitrogens is 1. The van der Waals surface area contributed by atoms with E-state index in [1.54, 1.807) is 12.2 Å². The Bertz CT molecular complexity index is 1400. The third-order valence-corrected chi connectivity index (χ3v) is 12.4. The summed E-state index contributed by atoms with van der Waals surface area (Å²) >= 11 is 1.23. The van der Waals surface area contributed by atoms with E-state index in [2.05, 4.69) is 38.2 Å². The molecule has 0 heterocycles. The lowest BCUT2D eigenvalue weighted by Crippen LogP contribution is -2.39. The van der Waals surface area contributed by atoms with Gasteiger partial charge in [-0.2, -0.15) is 0 Å². The molecule has 15 heteroatoms. The number of aliphatic hydroxyl groups is 1. The summed E-state index contributed by atoms with van der Waals surface area (Å²) in [6.07, 6.45) is 38.7. The predicted octanol–water partition coefficient (Wildman–Crippen LogP) is 10.6. The van der Waals surface area contributed by atoms with Crippen molar-refractivity contribution in [3.63, 3.8) is 0 Å². The highest BCUT2D eigenvalue weighted by molar-refractivity contribution is 8.00. The van der Waals surface area contributed by atoms with E-state index in [-0.39, 0.29) is 38.0 Å². The molecule has 1 unspecified atom stereocenters. The van der Waals surface area contributed by atoms with Gasteiger partial charge in [0.05, 0.1) is 33.9 Å². The second-order valence-electron chi connectivity index (χ2n) is 17.3. The number of nitrogens with two attached hydrogens (primary N) is 1. The average molecular weight is 944 g/mol.